The molecule has 1 aromatic rings. The molecule has 1 unspecified atom stereocenters. The van der Waals surface area contributed by atoms with E-state index in [9.17, 15) is 14.7 Å². The van der Waals surface area contributed by atoms with Crippen molar-refractivity contribution in [2.24, 2.45) is 5.92 Å². The van der Waals surface area contributed by atoms with Gasteiger partial charge in [0, 0.05) is 6.42 Å². The van der Waals surface area contributed by atoms with E-state index in [4.69, 9.17) is 0 Å². The zero-order valence-corrected chi connectivity index (χ0v) is 10.8. The van der Waals surface area contributed by atoms with Crippen LogP contribution >= 0.6 is 0 Å². The van der Waals surface area contributed by atoms with E-state index in [1.165, 1.54) is 12.8 Å². The summed E-state index contributed by atoms with van der Waals surface area (Å²) >= 11 is 0. The van der Waals surface area contributed by atoms with Gasteiger partial charge < -0.3 is 10.4 Å². The number of hydrogen-bond acceptors (Lipinski definition) is 2. The third-order valence-electron chi connectivity index (χ3n) is 3.63. The van der Waals surface area contributed by atoms with Crippen LogP contribution in [0.15, 0.2) is 30.3 Å². The maximum Gasteiger partial charge on any atom is 0.330 e. The second kappa shape index (κ2) is 6.36. The van der Waals surface area contributed by atoms with Gasteiger partial charge in [-0.3, -0.25) is 4.79 Å². The van der Waals surface area contributed by atoms with Crippen molar-refractivity contribution in [2.45, 2.75) is 38.1 Å². The van der Waals surface area contributed by atoms with E-state index in [2.05, 4.69) is 5.32 Å². The Morgan fingerprint density at radius 3 is 2.42 bits per heavy atom. The molecule has 0 heterocycles. The number of carbonyl (C=O) groups excluding carboxylic acids is 1. The summed E-state index contributed by atoms with van der Waals surface area (Å²) in [5.41, 5.74) is 0.606. The Kier molecular flexibility index (Phi) is 4.55. The van der Waals surface area contributed by atoms with Gasteiger partial charge in [0.05, 0.1) is 0 Å². The van der Waals surface area contributed by atoms with Crippen LogP contribution in [0.3, 0.4) is 0 Å². The first-order chi connectivity index (χ1) is 9.16. The molecule has 0 spiro atoms. The Labute approximate surface area is 112 Å². The first-order valence-electron chi connectivity index (χ1n) is 6.74. The zero-order chi connectivity index (χ0) is 13.7. The summed E-state index contributed by atoms with van der Waals surface area (Å²) in [4.78, 5) is 23.2. The van der Waals surface area contributed by atoms with Crippen molar-refractivity contribution in [3.05, 3.63) is 35.9 Å². The van der Waals surface area contributed by atoms with Crippen LogP contribution in [0.4, 0.5) is 0 Å². The second-order valence-electron chi connectivity index (χ2n) is 5.10. The van der Waals surface area contributed by atoms with Gasteiger partial charge in [0.25, 0.3) is 0 Å². The van der Waals surface area contributed by atoms with E-state index in [0.717, 1.165) is 12.8 Å². The van der Waals surface area contributed by atoms with Crippen LogP contribution in [0.5, 0.6) is 0 Å². The number of carboxylic acid groups (broad SMARTS) is 1. The van der Waals surface area contributed by atoms with E-state index in [-0.39, 0.29) is 5.91 Å². The molecule has 1 aromatic carbocycles. The van der Waals surface area contributed by atoms with Crippen LogP contribution in [0, 0.1) is 5.92 Å². The second-order valence-corrected chi connectivity index (χ2v) is 5.10. The fourth-order valence-electron chi connectivity index (χ4n) is 2.63. The number of aliphatic carboxylic acids is 1. The van der Waals surface area contributed by atoms with Gasteiger partial charge in [-0.15, -0.1) is 0 Å². The average Bonchev–Trinajstić information content (AvgIpc) is 2.89. The minimum absolute atomic E-state index is 0.164. The van der Waals surface area contributed by atoms with Gasteiger partial charge in [0.2, 0.25) is 5.91 Å². The summed E-state index contributed by atoms with van der Waals surface area (Å²) in [6, 6.07) is 7.85. The Hall–Kier alpha value is -1.84. The summed E-state index contributed by atoms with van der Waals surface area (Å²) in [6.45, 7) is 0. The maximum atomic E-state index is 11.9. The molecule has 0 radical (unpaired) electrons. The summed E-state index contributed by atoms with van der Waals surface area (Å²) in [5, 5.41) is 11.8. The summed E-state index contributed by atoms with van der Waals surface area (Å²) in [6.07, 6.45) is 4.96. The Morgan fingerprint density at radius 2 is 1.84 bits per heavy atom. The molecule has 1 aliphatic carbocycles. The normalized spacial score (nSPS) is 17.1. The van der Waals surface area contributed by atoms with Crippen molar-refractivity contribution < 1.29 is 14.7 Å². The van der Waals surface area contributed by atoms with Crippen molar-refractivity contribution in [2.75, 3.05) is 0 Å². The number of carboxylic acids is 1. The van der Waals surface area contributed by atoms with Gasteiger partial charge in [-0.05, 0) is 24.3 Å². The lowest BCUT2D eigenvalue weighted by atomic mass is 10.0. The molecule has 1 fully saturated rings. The van der Waals surface area contributed by atoms with Crippen molar-refractivity contribution in [1.29, 1.82) is 0 Å². The lowest BCUT2D eigenvalue weighted by molar-refractivity contribution is -0.142. The number of benzene rings is 1. The molecule has 0 saturated heterocycles. The first-order valence-corrected chi connectivity index (χ1v) is 6.74. The number of amides is 1. The van der Waals surface area contributed by atoms with E-state index in [1.807, 2.05) is 6.07 Å². The lowest BCUT2D eigenvalue weighted by Crippen LogP contribution is -2.34. The molecule has 4 heteroatoms. The van der Waals surface area contributed by atoms with Crippen molar-refractivity contribution >= 4 is 11.9 Å². The fraction of sp³-hybridized carbons (Fsp3) is 0.467. The molecule has 0 aromatic heterocycles. The monoisotopic (exact) mass is 261 g/mol. The Bertz CT molecular complexity index is 438. The molecule has 0 aliphatic heterocycles. The first kappa shape index (κ1) is 13.6. The van der Waals surface area contributed by atoms with Gasteiger partial charge >= 0.3 is 5.97 Å². The van der Waals surface area contributed by atoms with Crippen molar-refractivity contribution in [3.8, 4) is 0 Å². The minimum Gasteiger partial charge on any atom is -0.479 e. The molecule has 1 amide bonds. The van der Waals surface area contributed by atoms with Crippen molar-refractivity contribution in [3.63, 3.8) is 0 Å². The lowest BCUT2D eigenvalue weighted by Gasteiger charge is -2.16. The highest BCUT2D eigenvalue weighted by Gasteiger charge is 2.24. The fourth-order valence-corrected chi connectivity index (χ4v) is 2.63. The van der Waals surface area contributed by atoms with Gasteiger partial charge in [-0.25, -0.2) is 4.79 Å². The van der Waals surface area contributed by atoms with Gasteiger partial charge in [0.1, 0.15) is 0 Å². The third kappa shape index (κ3) is 3.81. The third-order valence-corrected chi connectivity index (χ3v) is 3.63. The summed E-state index contributed by atoms with van der Waals surface area (Å²) < 4.78 is 0. The zero-order valence-electron chi connectivity index (χ0n) is 10.8. The summed E-state index contributed by atoms with van der Waals surface area (Å²) in [5.74, 6) is -0.764. The van der Waals surface area contributed by atoms with E-state index in [0.29, 0.717) is 17.9 Å². The van der Waals surface area contributed by atoms with Gasteiger partial charge in [-0.1, -0.05) is 43.2 Å². The standard InChI is InChI=1S/C15H19NO3/c17-13(10-11-6-4-5-7-11)16-14(15(18)19)12-8-2-1-3-9-12/h1-3,8-9,11,14H,4-7,10H2,(H,16,17)(H,18,19). The highest BCUT2D eigenvalue weighted by molar-refractivity contribution is 5.84. The highest BCUT2D eigenvalue weighted by Crippen LogP contribution is 2.27. The predicted molar refractivity (Wildman–Crippen MR) is 71.5 cm³/mol. The SMILES string of the molecule is O=C(CC1CCCC1)NC(C(=O)O)c1ccccc1. The van der Waals surface area contributed by atoms with Crippen LogP contribution in [0.25, 0.3) is 0 Å². The quantitative estimate of drug-likeness (QED) is 0.855. The van der Waals surface area contributed by atoms with E-state index >= 15 is 0 Å². The van der Waals surface area contributed by atoms with Crippen LogP contribution in [0.1, 0.15) is 43.7 Å². The van der Waals surface area contributed by atoms with Crippen LogP contribution in [-0.2, 0) is 9.59 Å². The maximum absolute atomic E-state index is 11.9. The molecule has 102 valence electrons. The summed E-state index contributed by atoms with van der Waals surface area (Å²) in [7, 11) is 0. The molecular formula is C15H19NO3. The Morgan fingerprint density at radius 1 is 1.21 bits per heavy atom. The van der Waals surface area contributed by atoms with Gasteiger partial charge in [0.15, 0.2) is 6.04 Å². The predicted octanol–water partition coefficient (Wildman–Crippen LogP) is 2.51. The van der Waals surface area contributed by atoms with Crippen LogP contribution in [0.2, 0.25) is 0 Å². The topological polar surface area (TPSA) is 66.4 Å². The van der Waals surface area contributed by atoms with Gasteiger partial charge in [-0.2, -0.15) is 0 Å². The smallest absolute Gasteiger partial charge is 0.330 e. The van der Waals surface area contributed by atoms with Crippen molar-refractivity contribution in [1.82, 2.24) is 5.32 Å². The minimum atomic E-state index is -1.02. The number of nitrogens with one attached hydrogen (secondary N) is 1. The number of carbonyl (C=O) groups is 2. The molecule has 2 N–H and O–H groups in total. The number of hydrogen-bond donors (Lipinski definition) is 2. The molecule has 1 atom stereocenters. The molecule has 2 rings (SSSR count). The Balaban J connectivity index is 1.97. The van der Waals surface area contributed by atoms with E-state index in [1.54, 1.807) is 24.3 Å². The van der Waals surface area contributed by atoms with Crippen LogP contribution in [-0.4, -0.2) is 17.0 Å². The number of rotatable bonds is 5. The molecule has 1 aliphatic rings. The molecule has 19 heavy (non-hydrogen) atoms. The van der Waals surface area contributed by atoms with E-state index < -0.39 is 12.0 Å². The largest absolute Gasteiger partial charge is 0.479 e. The molecular weight excluding hydrogens is 242 g/mol. The van der Waals surface area contributed by atoms with Crippen LogP contribution < -0.4 is 5.32 Å². The molecule has 4 nitrogen and oxygen atoms in total. The molecule has 1 saturated carbocycles. The molecule has 0 bridgehead atoms. The highest BCUT2D eigenvalue weighted by atomic mass is 16.4. The average molecular weight is 261 g/mol.